The van der Waals surface area contributed by atoms with Crippen molar-refractivity contribution in [3.8, 4) is 5.75 Å². The van der Waals surface area contributed by atoms with Gasteiger partial charge >= 0.3 is 0 Å². The van der Waals surface area contributed by atoms with E-state index >= 15 is 0 Å². The summed E-state index contributed by atoms with van der Waals surface area (Å²) < 4.78 is 5.21. The normalized spacial score (nSPS) is 9.00. The number of benzene rings is 1. The van der Waals surface area contributed by atoms with Crippen LogP contribution in [-0.4, -0.2) is 25.7 Å². The predicted octanol–water partition coefficient (Wildman–Crippen LogP) is 2.00. The van der Waals surface area contributed by atoms with Gasteiger partial charge in [0, 0.05) is 16.0 Å². The molecule has 0 fully saturated rings. The summed E-state index contributed by atoms with van der Waals surface area (Å²) in [5, 5.41) is 3.29. The second-order valence-corrected chi connectivity index (χ2v) is 2.87. The first kappa shape index (κ1) is 11.7. The molecule has 82 valence electrons. The van der Waals surface area contributed by atoms with Gasteiger partial charge < -0.3 is 4.74 Å². The van der Waals surface area contributed by atoms with Crippen molar-refractivity contribution in [2.24, 2.45) is 5.11 Å². The molecule has 1 aromatic carbocycles. The summed E-state index contributed by atoms with van der Waals surface area (Å²) in [6, 6.07) is 4.48. The largest absolute Gasteiger partial charge is 0.493 e. The molecular formula is C10H9N3O3. The lowest BCUT2D eigenvalue weighted by molar-refractivity contribution is 0.112. The lowest BCUT2D eigenvalue weighted by Gasteiger charge is -2.05. The maximum atomic E-state index is 10.6. The molecule has 0 spiro atoms. The van der Waals surface area contributed by atoms with Crippen LogP contribution < -0.4 is 4.74 Å². The maximum absolute atomic E-state index is 10.6. The Labute approximate surface area is 91.5 Å². The molecule has 0 radical (unpaired) electrons. The fourth-order valence-electron chi connectivity index (χ4n) is 1.11. The Morgan fingerprint density at radius 3 is 2.38 bits per heavy atom. The SMILES string of the molecule is [N-]=[N+]=NCCOc1cc(C=O)cc(C=O)c1. The van der Waals surface area contributed by atoms with Gasteiger partial charge in [-0.2, -0.15) is 0 Å². The molecule has 6 heteroatoms. The zero-order chi connectivity index (χ0) is 11.8. The number of hydrogen-bond acceptors (Lipinski definition) is 4. The number of carbonyl (C=O) groups excluding carboxylic acids is 2. The first-order valence-corrected chi connectivity index (χ1v) is 4.49. The van der Waals surface area contributed by atoms with Crippen LogP contribution in [0.4, 0.5) is 0 Å². The molecular weight excluding hydrogens is 210 g/mol. The van der Waals surface area contributed by atoms with E-state index in [2.05, 4.69) is 10.0 Å². The minimum atomic E-state index is 0.193. The molecule has 0 unspecified atom stereocenters. The van der Waals surface area contributed by atoms with E-state index in [1.807, 2.05) is 0 Å². The van der Waals surface area contributed by atoms with Crippen LogP contribution in [0.25, 0.3) is 10.4 Å². The van der Waals surface area contributed by atoms with Crippen molar-refractivity contribution in [1.29, 1.82) is 0 Å². The highest BCUT2D eigenvalue weighted by Gasteiger charge is 2.00. The number of rotatable bonds is 6. The smallest absolute Gasteiger partial charge is 0.150 e. The van der Waals surface area contributed by atoms with Gasteiger partial charge in [-0.25, -0.2) is 0 Å². The van der Waals surface area contributed by atoms with Crippen molar-refractivity contribution in [2.45, 2.75) is 0 Å². The zero-order valence-corrected chi connectivity index (χ0v) is 8.37. The highest BCUT2D eigenvalue weighted by molar-refractivity contribution is 5.83. The summed E-state index contributed by atoms with van der Waals surface area (Å²) in [7, 11) is 0. The van der Waals surface area contributed by atoms with E-state index in [0.29, 0.717) is 29.4 Å². The van der Waals surface area contributed by atoms with Crippen LogP contribution in [0.1, 0.15) is 20.7 Å². The topological polar surface area (TPSA) is 92.1 Å². The van der Waals surface area contributed by atoms with Crippen LogP contribution in [0, 0.1) is 0 Å². The van der Waals surface area contributed by atoms with Gasteiger partial charge in [0.1, 0.15) is 18.3 Å². The predicted molar refractivity (Wildman–Crippen MR) is 56.7 cm³/mol. The molecule has 6 nitrogen and oxygen atoms in total. The van der Waals surface area contributed by atoms with Crippen LogP contribution in [0.2, 0.25) is 0 Å². The summed E-state index contributed by atoms with van der Waals surface area (Å²) in [5.74, 6) is 0.403. The van der Waals surface area contributed by atoms with E-state index < -0.39 is 0 Å². The number of hydrogen-bond donors (Lipinski definition) is 0. The quantitative estimate of drug-likeness (QED) is 0.241. The average molecular weight is 219 g/mol. The fraction of sp³-hybridized carbons (Fsp3) is 0.200. The molecule has 0 saturated heterocycles. The van der Waals surface area contributed by atoms with Gasteiger partial charge in [-0.3, -0.25) is 9.59 Å². The lowest BCUT2D eigenvalue weighted by atomic mass is 10.1. The number of azide groups is 1. The molecule has 0 aliphatic rings. The van der Waals surface area contributed by atoms with Gasteiger partial charge in [-0.05, 0) is 23.7 Å². The summed E-state index contributed by atoms with van der Waals surface area (Å²) in [5.41, 5.74) is 8.77. The van der Waals surface area contributed by atoms with Crippen LogP contribution in [0.5, 0.6) is 5.75 Å². The Kier molecular flexibility index (Phi) is 4.56. The molecule has 0 bridgehead atoms. The average Bonchev–Trinajstić information content (AvgIpc) is 2.34. The number of carbonyl (C=O) groups is 2. The Morgan fingerprint density at radius 1 is 1.25 bits per heavy atom. The van der Waals surface area contributed by atoms with Crippen molar-refractivity contribution in [2.75, 3.05) is 13.2 Å². The minimum Gasteiger partial charge on any atom is -0.493 e. The zero-order valence-electron chi connectivity index (χ0n) is 8.37. The second kappa shape index (κ2) is 6.21. The highest BCUT2D eigenvalue weighted by atomic mass is 16.5. The Bertz CT molecular complexity index is 413. The van der Waals surface area contributed by atoms with Crippen LogP contribution in [0.3, 0.4) is 0 Å². The van der Waals surface area contributed by atoms with Gasteiger partial charge in [-0.1, -0.05) is 5.11 Å². The van der Waals surface area contributed by atoms with E-state index in [0.717, 1.165) is 0 Å². The van der Waals surface area contributed by atoms with Crippen LogP contribution >= 0.6 is 0 Å². The molecule has 1 rings (SSSR count). The maximum Gasteiger partial charge on any atom is 0.150 e. The fourth-order valence-corrected chi connectivity index (χ4v) is 1.11. The Balaban J connectivity index is 2.74. The monoisotopic (exact) mass is 219 g/mol. The van der Waals surface area contributed by atoms with E-state index in [-0.39, 0.29) is 13.2 Å². The van der Waals surface area contributed by atoms with Crippen molar-refractivity contribution in [1.82, 2.24) is 0 Å². The van der Waals surface area contributed by atoms with E-state index in [1.165, 1.54) is 18.2 Å². The summed E-state index contributed by atoms with van der Waals surface area (Å²) >= 11 is 0. The molecule has 0 aromatic heterocycles. The molecule has 0 amide bonds. The summed E-state index contributed by atoms with van der Waals surface area (Å²) in [6.45, 7) is 0.392. The van der Waals surface area contributed by atoms with Crippen molar-refractivity contribution < 1.29 is 14.3 Å². The van der Waals surface area contributed by atoms with Gasteiger partial charge in [0.15, 0.2) is 0 Å². The van der Waals surface area contributed by atoms with Gasteiger partial charge in [0.25, 0.3) is 0 Å². The minimum absolute atomic E-state index is 0.193. The summed E-state index contributed by atoms with van der Waals surface area (Å²) in [4.78, 5) is 23.7. The van der Waals surface area contributed by atoms with E-state index in [9.17, 15) is 9.59 Å². The Morgan fingerprint density at radius 2 is 1.88 bits per heavy atom. The molecule has 16 heavy (non-hydrogen) atoms. The number of aldehydes is 2. The van der Waals surface area contributed by atoms with Gasteiger partial charge in [0.2, 0.25) is 0 Å². The highest BCUT2D eigenvalue weighted by Crippen LogP contribution is 2.15. The molecule has 1 aromatic rings. The van der Waals surface area contributed by atoms with Crippen LogP contribution in [-0.2, 0) is 0 Å². The van der Waals surface area contributed by atoms with E-state index in [4.69, 9.17) is 10.3 Å². The molecule has 0 heterocycles. The van der Waals surface area contributed by atoms with Gasteiger partial charge in [-0.15, -0.1) is 0 Å². The van der Waals surface area contributed by atoms with Crippen molar-refractivity contribution in [3.05, 3.63) is 39.8 Å². The lowest BCUT2D eigenvalue weighted by Crippen LogP contribution is -2.01. The van der Waals surface area contributed by atoms with Crippen molar-refractivity contribution >= 4 is 12.6 Å². The van der Waals surface area contributed by atoms with Crippen LogP contribution in [0.15, 0.2) is 23.3 Å². The Hall–Kier alpha value is -2.33. The third-order valence-corrected chi connectivity index (χ3v) is 1.75. The third kappa shape index (κ3) is 3.43. The molecule has 0 N–H and O–H groups in total. The number of ether oxygens (including phenoxy) is 1. The summed E-state index contributed by atoms with van der Waals surface area (Å²) in [6.07, 6.45) is 1.26. The number of nitrogens with zero attached hydrogens (tertiary/aromatic N) is 3. The molecule has 0 aliphatic carbocycles. The molecule has 0 atom stereocenters. The first-order chi connectivity index (χ1) is 7.80. The van der Waals surface area contributed by atoms with Gasteiger partial charge in [0.05, 0.1) is 13.2 Å². The standard InChI is InChI=1S/C10H9N3O3/c11-13-12-1-2-16-10-4-8(6-14)3-9(5-10)7-15/h3-7H,1-2H2. The van der Waals surface area contributed by atoms with Crippen molar-refractivity contribution in [3.63, 3.8) is 0 Å². The molecule has 0 aliphatic heterocycles. The first-order valence-electron chi connectivity index (χ1n) is 4.49. The molecule has 0 saturated carbocycles. The van der Waals surface area contributed by atoms with E-state index in [1.54, 1.807) is 0 Å². The second-order valence-electron chi connectivity index (χ2n) is 2.87. The third-order valence-electron chi connectivity index (χ3n) is 1.75.